The van der Waals surface area contributed by atoms with E-state index in [2.05, 4.69) is 10.6 Å². The first-order valence-corrected chi connectivity index (χ1v) is 13.5. The quantitative estimate of drug-likeness (QED) is 0.304. The Bertz CT molecular complexity index is 1220. The molecule has 0 aliphatic rings. The SMILES string of the molecule is CCCN(C(=O)C(CCC(N)=O)NC(=O)OC(C)(C)C)C(C(=O)Nc1c(C)cccc1Cl)c1ccc(O)c(C)c1. The summed E-state index contributed by atoms with van der Waals surface area (Å²) in [5, 5.41) is 15.8. The molecule has 0 heterocycles. The Kier molecular flexibility index (Phi) is 11.4. The highest BCUT2D eigenvalue weighted by Gasteiger charge is 2.36. The Labute approximate surface area is 240 Å². The molecule has 0 fully saturated rings. The molecule has 2 aromatic carbocycles. The summed E-state index contributed by atoms with van der Waals surface area (Å²) in [6.07, 6.45) is -0.646. The van der Waals surface area contributed by atoms with Crippen LogP contribution in [0, 0.1) is 13.8 Å². The first-order valence-electron chi connectivity index (χ1n) is 13.1. The molecule has 40 heavy (non-hydrogen) atoms. The number of phenols is 1. The van der Waals surface area contributed by atoms with E-state index >= 15 is 0 Å². The Morgan fingerprint density at radius 2 is 1.77 bits per heavy atom. The van der Waals surface area contributed by atoms with Gasteiger partial charge in [0, 0.05) is 13.0 Å². The van der Waals surface area contributed by atoms with Gasteiger partial charge in [0.25, 0.3) is 5.91 Å². The van der Waals surface area contributed by atoms with Crippen LogP contribution in [0.15, 0.2) is 36.4 Å². The summed E-state index contributed by atoms with van der Waals surface area (Å²) >= 11 is 6.37. The summed E-state index contributed by atoms with van der Waals surface area (Å²) in [4.78, 5) is 53.5. The lowest BCUT2D eigenvalue weighted by Gasteiger charge is -2.34. The normalized spacial score (nSPS) is 12.7. The van der Waals surface area contributed by atoms with Crippen LogP contribution in [0.1, 0.15) is 69.7 Å². The fourth-order valence-corrected chi connectivity index (χ4v) is 4.37. The molecule has 0 radical (unpaired) electrons. The zero-order valence-electron chi connectivity index (χ0n) is 23.8. The number of nitrogens with one attached hydrogen (secondary N) is 2. The largest absolute Gasteiger partial charge is 0.508 e. The van der Waals surface area contributed by atoms with Gasteiger partial charge < -0.3 is 31.1 Å². The van der Waals surface area contributed by atoms with Crippen LogP contribution in [0.2, 0.25) is 5.02 Å². The molecule has 4 amide bonds. The van der Waals surface area contributed by atoms with Crippen molar-refractivity contribution in [1.82, 2.24) is 10.2 Å². The van der Waals surface area contributed by atoms with Crippen molar-refractivity contribution in [3.63, 3.8) is 0 Å². The van der Waals surface area contributed by atoms with E-state index < -0.39 is 41.5 Å². The number of primary amides is 1. The number of hydrogen-bond acceptors (Lipinski definition) is 6. The van der Waals surface area contributed by atoms with E-state index in [9.17, 15) is 24.3 Å². The summed E-state index contributed by atoms with van der Waals surface area (Å²) in [7, 11) is 0. The predicted molar refractivity (Wildman–Crippen MR) is 154 cm³/mol. The molecule has 0 saturated carbocycles. The molecule has 2 atom stereocenters. The summed E-state index contributed by atoms with van der Waals surface area (Å²) in [6, 6.07) is 7.44. The lowest BCUT2D eigenvalue weighted by atomic mass is 9.99. The molecule has 0 saturated heterocycles. The number of anilines is 1. The third kappa shape index (κ3) is 9.15. The van der Waals surface area contributed by atoms with Crippen molar-refractivity contribution in [1.29, 1.82) is 0 Å². The molecule has 218 valence electrons. The number of benzene rings is 2. The molecule has 10 nitrogen and oxygen atoms in total. The van der Waals surface area contributed by atoms with Crippen molar-refractivity contribution in [2.45, 2.75) is 78.5 Å². The topological polar surface area (TPSA) is 151 Å². The van der Waals surface area contributed by atoms with E-state index in [1.807, 2.05) is 6.92 Å². The molecule has 0 aromatic heterocycles. The number of alkyl carbamates (subject to hydrolysis) is 1. The van der Waals surface area contributed by atoms with Crippen molar-refractivity contribution in [2.75, 3.05) is 11.9 Å². The van der Waals surface area contributed by atoms with Gasteiger partial charge in [0.05, 0.1) is 10.7 Å². The van der Waals surface area contributed by atoms with Gasteiger partial charge in [-0.3, -0.25) is 14.4 Å². The Balaban J connectivity index is 2.58. The van der Waals surface area contributed by atoms with Crippen LogP contribution in [0.3, 0.4) is 0 Å². The van der Waals surface area contributed by atoms with Crippen LogP contribution in [-0.4, -0.2) is 52.0 Å². The molecular formula is C29H39ClN4O6. The van der Waals surface area contributed by atoms with Gasteiger partial charge in [-0.2, -0.15) is 0 Å². The van der Waals surface area contributed by atoms with Crippen molar-refractivity contribution >= 4 is 41.1 Å². The Morgan fingerprint density at radius 1 is 1.10 bits per heavy atom. The molecule has 2 unspecified atom stereocenters. The summed E-state index contributed by atoms with van der Waals surface area (Å²) < 4.78 is 5.33. The van der Waals surface area contributed by atoms with E-state index in [1.165, 1.54) is 11.0 Å². The molecule has 5 N–H and O–H groups in total. The van der Waals surface area contributed by atoms with Crippen molar-refractivity contribution in [3.8, 4) is 5.75 Å². The van der Waals surface area contributed by atoms with Gasteiger partial charge in [-0.15, -0.1) is 0 Å². The van der Waals surface area contributed by atoms with Crippen LogP contribution < -0.4 is 16.4 Å². The van der Waals surface area contributed by atoms with E-state index in [0.29, 0.717) is 28.3 Å². The van der Waals surface area contributed by atoms with Gasteiger partial charge in [-0.05, 0) is 82.3 Å². The number of para-hydroxylation sites is 1. The molecule has 11 heteroatoms. The first kappa shape index (κ1) is 32.4. The Morgan fingerprint density at radius 3 is 2.33 bits per heavy atom. The van der Waals surface area contributed by atoms with Crippen LogP contribution >= 0.6 is 11.6 Å². The monoisotopic (exact) mass is 574 g/mol. The smallest absolute Gasteiger partial charge is 0.408 e. The van der Waals surface area contributed by atoms with Crippen LogP contribution in [0.25, 0.3) is 0 Å². The number of aromatic hydroxyl groups is 1. The lowest BCUT2D eigenvalue weighted by molar-refractivity contribution is -0.141. The average molecular weight is 575 g/mol. The highest BCUT2D eigenvalue weighted by atomic mass is 35.5. The summed E-state index contributed by atoms with van der Waals surface area (Å²) in [6.45, 7) is 10.5. The maximum Gasteiger partial charge on any atom is 0.408 e. The van der Waals surface area contributed by atoms with Gasteiger partial charge >= 0.3 is 6.09 Å². The number of carbonyl (C=O) groups excluding carboxylic acids is 4. The van der Waals surface area contributed by atoms with Gasteiger partial charge in [-0.25, -0.2) is 4.79 Å². The second-order valence-corrected chi connectivity index (χ2v) is 11.0. The first-order chi connectivity index (χ1) is 18.6. The summed E-state index contributed by atoms with van der Waals surface area (Å²) in [5.74, 6) is -1.77. The molecular weight excluding hydrogens is 536 g/mol. The molecule has 0 bridgehead atoms. The number of rotatable bonds is 11. The lowest BCUT2D eigenvalue weighted by Crippen LogP contribution is -2.52. The highest BCUT2D eigenvalue weighted by Crippen LogP contribution is 2.31. The molecule has 0 aliphatic heterocycles. The van der Waals surface area contributed by atoms with Crippen LogP contribution in [0.5, 0.6) is 5.75 Å². The molecule has 0 aliphatic carbocycles. The number of nitrogens with two attached hydrogens (primary N) is 1. The van der Waals surface area contributed by atoms with Gasteiger partial charge in [-0.1, -0.05) is 36.7 Å². The van der Waals surface area contributed by atoms with Gasteiger partial charge in [0.15, 0.2) is 0 Å². The maximum atomic E-state index is 14.1. The molecule has 2 rings (SSSR count). The van der Waals surface area contributed by atoms with E-state index in [1.54, 1.807) is 65.0 Å². The van der Waals surface area contributed by atoms with E-state index in [-0.39, 0.29) is 25.1 Å². The number of amides is 4. The number of nitrogens with zero attached hydrogens (tertiary/aromatic N) is 1. The minimum atomic E-state index is -1.20. The van der Waals surface area contributed by atoms with Crippen LogP contribution in [-0.2, 0) is 19.1 Å². The van der Waals surface area contributed by atoms with Crippen LogP contribution in [0.4, 0.5) is 10.5 Å². The number of phenolic OH excluding ortho intramolecular Hbond substituents is 1. The molecule has 0 spiro atoms. The number of ether oxygens (including phenoxy) is 1. The highest BCUT2D eigenvalue weighted by molar-refractivity contribution is 6.34. The average Bonchev–Trinajstić information content (AvgIpc) is 2.84. The Hall–Kier alpha value is -3.79. The number of halogens is 1. The number of carbonyl (C=O) groups is 4. The number of aryl methyl sites for hydroxylation is 2. The fraction of sp³-hybridized carbons (Fsp3) is 0.448. The van der Waals surface area contributed by atoms with Gasteiger partial charge in [0.1, 0.15) is 23.4 Å². The van der Waals surface area contributed by atoms with E-state index in [0.717, 1.165) is 5.56 Å². The van der Waals surface area contributed by atoms with Crippen molar-refractivity contribution in [3.05, 3.63) is 58.1 Å². The minimum absolute atomic E-state index is 0.0316. The zero-order valence-corrected chi connectivity index (χ0v) is 24.6. The predicted octanol–water partition coefficient (Wildman–Crippen LogP) is 4.74. The fourth-order valence-electron chi connectivity index (χ4n) is 4.10. The standard InChI is InChI=1S/C29H39ClN4O6/c1-7-15-34(27(38)21(12-14-23(31)36)32-28(39)40-29(4,5)6)25(19-11-13-22(35)18(3)16-19)26(37)33-24-17(2)9-8-10-20(24)30/h8-11,13,16,21,25,35H,7,12,14-15H2,1-6H3,(H2,31,36)(H,32,39)(H,33,37). The minimum Gasteiger partial charge on any atom is -0.508 e. The second-order valence-electron chi connectivity index (χ2n) is 10.6. The van der Waals surface area contributed by atoms with Crippen molar-refractivity contribution in [2.24, 2.45) is 5.73 Å². The van der Waals surface area contributed by atoms with Crippen molar-refractivity contribution < 1.29 is 29.0 Å². The summed E-state index contributed by atoms with van der Waals surface area (Å²) in [5.41, 5.74) is 6.58. The third-order valence-corrected chi connectivity index (χ3v) is 6.30. The third-order valence-electron chi connectivity index (χ3n) is 5.98. The zero-order chi connectivity index (χ0) is 30.2. The van der Waals surface area contributed by atoms with Gasteiger partial charge in [0.2, 0.25) is 11.8 Å². The number of hydrogen-bond donors (Lipinski definition) is 4. The molecule has 2 aromatic rings. The maximum absolute atomic E-state index is 14.1. The van der Waals surface area contributed by atoms with E-state index in [4.69, 9.17) is 22.1 Å². The second kappa shape index (κ2) is 14.0.